The summed E-state index contributed by atoms with van der Waals surface area (Å²) in [7, 11) is 0. The number of aromatic nitrogens is 3. The van der Waals surface area contributed by atoms with Gasteiger partial charge in [-0.15, -0.1) is 0 Å². The van der Waals surface area contributed by atoms with Crippen molar-refractivity contribution in [2.24, 2.45) is 0 Å². The van der Waals surface area contributed by atoms with Crippen LogP contribution in [0.25, 0.3) is 10.9 Å². The van der Waals surface area contributed by atoms with Crippen LogP contribution >= 0.6 is 0 Å². The average Bonchev–Trinajstić information content (AvgIpc) is 3.17. The van der Waals surface area contributed by atoms with Crippen LogP contribution in [0.1, 0.15) is 22.5 Å². The number of carbonyl (C=O) groups excluding carboxylic acids is 1. The number of H-pyrrole nitrogens is 1. The van der Waals surface area contributed by atoms with Crippen molar-refractivity contribution in [2.45, 2.75) is 13.0 Å². The first kappa shape index (κ1) is 18.3. The number of pyridine rings is 2. The lowest BCUT2D eigenvalue weighted by Crippen LogP contribution is -2.37. The molecule has 0 aliphatic carbocycles. The molecular formula is C23H20FN5O. The zero-order chi connectivity index (χ0) is 20.5. The number of fused-ring (bicyclic) bond motifs is 1. The Bertz CT molecular complexity index is 1150. The standard InChI is InChI=1S/C23H20FN5O/c24-18-4-2-16(3-5-18)15-29(19-6-7-22(26-13-19)28-10-1-11-28)23(30)20-12-17-8-9-25-14-21(17)27-20/h2-9,12-14,27H,1,10-11,15H2. The van der Waals surface area contributed by atoms with Gasteiger partial charge in [-0.1, -0.05) is 12.1 Å². The summed E-state index contributed by atoms with van der Waals surface area (Å²) in [5, 5.41) is 0.918. The topological polar surface area (TPSA) is 65.1 Å². The molecule has 0 unspecified atom stereocenters. The molecule has 4 heterocycles. The Kier molecular flexibility index (Phi) is 4.63. The van der Waals surface area contributed by atoms with E-state index in [1.54, 1.807) is 35.6 Å². The minimum Gasteiger partial charge on any atom is -0.356 e. The summed E-state index contributed by atoms with van der Waals surface area (Å²) in [5.74, 6) is 0.421. The number of nitrogens with zero attached hydrogens (tertiary/aromatic N) is 4. The molecule has 1 N–H and O–H groups in total. The van der Waals surface area contributed by atoms with Gasteiger partial charge in [0.2, 0.25) is 0 Å². The highest BCUT2D eigenvalue weighted by Crippen LogP contribution is 2.25. The summed E-state index contributed by atoms with van der Waals surface area (Å²) in [5.41, 5.74) is 2.78. The molecule has 1 aromatic carbocycles. The number of hydrogen-bond acceptors (Lipinski definition) is 4. The second-order valence-electron chi connectivity index (χ2n) is 7.38. The summed E-state index contributed by atoms with van der Waals surface area (Å²) in [4.78, 5) is 29.1. The van der Waals surface area contributed by atoms with Crippen molar-refractivity contribution in [1.29, 1.82) is 0 Å². The van der Waals surface area contributed by atoms with Gasteiger partial charge in [0.25, 0.3) is 5.91 Å². The Labute approximate surface area is 173 Å². The lowest BCUT2D eigenvalue weighted by molar-refractivity contribution is 0.0981. The summed E-state index contributed by atoms with van der Waals surface area (Å²) in [6, 6.07) is 13.7. The van der Waals surface area contributed by atoms with Crippen LogP contribution < -0.4 is 9.80 Å². The molecule has 0 atom stereocenters. The normalized spacial score (nSPS) is 13.3. The van der Waals surface area contributed by atoms with Gasteiger partial charge in [-0.2, -0.15) is 0 Å². The molecule has 4 aromatic rings. The molecule has 6 nitrogen and oxygen atoms in total. The smallest absolute Gasteiger partial charge is 0.275 e. The summed E-state index contributed by atoms with van der Waals surface area (Å²) in [6.07, 6.45) is 6.28. The summed E-state index contributed by atoms with van der Waals surface area (Å²) in [6.45, 7) is 2.32. The summed E-state index contributed by atoms with van der Waals surface area (Å²) >= 11 is 0. The van der Waals surface area contributed by atoms with Crippen molar-refractivity contribution in [1.82, 2.24) is 15.0 Å². The number of amides is 1. The molecule has 0 bridgehead atoms. The number of anilines is 2. The summed E-state index contributed by atoms with van der Waals surface area (Å²) < 4.78 is 13.3. The first-order valence-electron chi connectivity index (χ1n) is 9.87. The third-order valence-corrected chi connectivity index (χ3v) is 5.38. The Morgan fingerprint density at radius 3 is 2.60 bits per heavy atom. The zero-order valence-electron chi connectivity index (χ0n) is 16.3. The van der Waals surface area contributed by atoms with Gasteiger partial charge >= 0.3 is 0 Å². The largest absolute Gasteiger partial charge is 0.356 e. The lowest BCUT2D eigenvalue weighted by Gasteiger charge is -2.32. The minimum atomic E-state index is -0.305. The average molecular weight is 401 g/mol. The molecule has 1 amide bonds. The molecule has 150 valence electrons. The maximum absolute atomic E-state index is 13.4. The van der Waals surface area contributed by atoms with Crippen LogP contribution in [0.3, 0.4) is 0 Å². The Morgan fingerprint density at radius 2 is 1.93 bits per heavy atom. The maximum Gasteiger partial charge on any atom is 0.275 e. The van der Waals surface area contributed by atoms with Crippen LogP contribution in [0.15, 0.2) is 67.1 Å². The van der Waals surface area contributed by atoms with E-state index in [0.717, 1.165) is 35.4 Å². The van der Waals surface area contributed by atoms with E-state index in [2.05, 4.69) is 19.9 Å². The number of benzene rings is 1. The number of nitrogens with one attached hydrogen (secondary N) is 1. The monoisotopic (exact) mass is 401 g/mol. The highest BCUT2D eigenvalue weighted by Gasteiger charge is 2.22. The molecule has 0 saturated carbocycles. The van der Waals surface area contributed by atoms with Crippen molar-refractivity contribution in [3.8, 4) is 0 Å². The molecule has 7 heteroatoms. The van der Waals surface area contributed by atoms with E-state index < -0.39 is 0 Å². The van der Waals surface area contributed by atoms with Crippen LogP contribution in [-0.2, 0) is 6.54 Å². The third-order valence-electron chi connectivity index (χ3n) is 5.38. The van der Waals surface area contributed by atoms with Gasteiger partial charge in [0.05, 0.1) is 30.1 Å². The van der Waals surface area contributed by atoms with E-state index in [4.69, 9.17) is 0 Å². The van der Waals surface area contributed by atoms with Crippen molar-refractivity contribution in [3.63, 3.8) is 0 Å². The number of halogens is 1. The number of carbonyl (C=O) groups is 1. The molecule has 1 aliphatic rings. The quantitative estimate of drug-likeness (QED) is 0.546. The third kappa shape index (κ3) is 3.50. The zero-order valence-corrected chi connectivity index (χ0v) is 16.3. The fourth-order valence-corrected chi connectivity index (χ4v) is 3.56. The van der Waals surface area contributed by atoms with Crippen LogP contribution in [0, 0.1) is 5.82 Å². The van der Waals surface area contributed by atoms with Gasteiger partial charge in [-0.05, 0) is 48.4 Å². The number of aromatic amines is 1. The number of rotatable bonds is 5. The highest BCUT2D eigenvalue weighted by molar-refractivity contribution is 6.07. The SMILES string of the molecule is O=C(c1cc2ccncc2[nH]1)N(Cc1ccc(F)cc1)c1ccc(N2CCC2)nc1. The first-order valence-corrected chi connectivity index (χ1v) is 9.87. The predicted molar refractivity (Wildman–Crippen MR) is 114 cm³/mol. The van der Waals surface area contributed by atoms with Crippen LogP contribution in [0.2, 0.25) is 0 Å². The van der Waals surface area contributed by atoms with E-state index in [1.807, 2.05) is 24.3 Å². The van der Waals surface area contributed by atoms with Crippen molar-refractivity contribution in [2.75, 3.05) is 22.9 Å². The Hall–Kier alpha value is -3.74. The predicted octanol–water partition coefficient (Wildman–Crippen LogP) is 4.15. The fraction of sp³-hybridized carbons (Fsp3) is 0.174. The van der Waals surface area contributed by atoms with Gasteiger partial charge in [0.1, 0.15) is 17.3 Å². The van der Waals surface area contributed by atoms with E-state index in [1.165, 1.54) is 18.6 Å². The highest BCUT2D eigenvalue weighted by atomic mass is 19.1. The first-order chi connectivity index (χ1) is 14.7. The molecule has 1 saturated heterocycles. The van der Waals surface area contributed by atoms with Gasteiger partial charge in [-0.3, -0.25) is 9.78 Å². The molecule has 0 radical (unpaired) electrons. The van der Waals surface area contributed by atoms with Crippen LogP contribution in [-0.4, -0.2) is 33.9 Å². The molecular weight excluding hydrogens is 381 g/mol. The van der Waals surface area contributed by atoms with E-state index in [-0.39, 0.29) is 11.7 Å². The van der Waals surface area contributed by atoms with Crippen LogP contribution in [0.4, 0.5) is 15.9 Å². The van der Waals surface area contributed by atoms with E-state index in [9.17, 15) is 9.18 Å². The molecule has 0 spiro atoms. The van der Waals surface area contributed by atoms with Crippen molar-refractivity contribution < 1.29 is 9.18 Å². The van der Waals surface area contributed by atoms with E-state index in [0.29, 0.717) is 17.9 Å². The molecule has 1 fully saturated rings. The van der Waals surface area contributed by atoms with Crippen molar-refractivity contribution in [3.05, 3.63) is 84.2 Å². The van der Waals surface area contributed by atoms with Crippen LogP contribution in [0.5, 0.6) is 0 Å². The molecule has 1 aliphatic heterocycles. The second kappa shape index (κ2) is 7.59. The Balaban J connectivity index is 1.49. The van der Waals surface area contributed by atoms with Gasteiger partial charge in [0, 0.05) is 24.7 Å². The maximum atomic E-state index is 13.4. The molecule has 5 rings (SSSR count). The van der Waals surface area contributed by atoms with Gasteiger partial charge in [-0.25, -0.2) is 9.37 Å². The minimum absolute atomic E-state index is 0.186. The molecule has 30 heavy (non-hydrogen) atoms. The fourth-order valence-electron chi connectivity index (χ4n) is 3.56. The van der Waals surface area contributed by atoms with Gasteiger partial charge in [0.15, 0.2) is 0 Å². The van der Waals surface area contributed by atoms with Crippen molar-refractivity contribution >= 4 is 28.3 Å². The van der Waals surface area contributed by atoms with E-state index >= 15 is 0 Å². The van der Waals surface area contributed by atoms with Gasteiger partial charge < -0.3 is 14.8 Å². The lowest BCUT2D eigenvalue weighted by atomic mass is 10.1. The Morgan fingerprint density at radius 1 is 1.10 bits per heavy atom. The number of hydrogen-bond donors (Lipinski definition) is 1. The second-order valence-corrected chi connectivity index (χ2v) is 7.38. The molecule has 3 aromatic heterocycles.